The number of para-hydroxylation sites is 1. The van der Waals surface area contributed by atoms with Gasteiger partial charge in [0.15, 0.2) is 0 Å². The summed E-state index contributed by atoms with van der Waals surface area (Å²) in [6, 6.07) is 9.40. The molecular formula is C12H9ClINOS. The van der Waals surface area contributed by atoms with Gasteiger partial charge in [-0.2, -0.15) is 0 Å². The number of halogens is 2. The Labute approximate surface area is 122 Å². The van der Waals surface area contributed by atoms with Crippen molar-refractivity contribution in [3.8, 4) is 0 Å². The summed E-state index contributed by atoms with van der Waals surface area (Å²) in [7, 11) is 0. The first-order chi connectivity index (χ1) is 8.20. The summed E-state index contributed by atoms with van der Waals surface area (Å²) < 4.78 is 1.10. The highest BCUT2D eigenvalue weighted by atomic mass is 127. The monoisotopic (exact) mass is 377 g/mol. The van der Waals surface area contributed by atoms with Gasteiger partial charge in [0.05, 0.1) is 8.45 Å². The van der Waals surface area contributed by atoms with Crippen molar-refractivity contribution in [1.29, 1.82) is 0 Å². The summed E-state index contributed by atoms with van der Waals surface area (Å²) in [5.41, 5.74) is 2.38. The lowest BCUT2D eigenvalue weighted by atomic mass is 10.2. The van der Waals surface area contributed by atoms with Gasteiger partial charge in [-0.15, -0.1) is 22.9 Å². The van der Waals surface area contributed by atoms with Crippen LogP contribution in [-0.4, -0.2) is 5.91 Å². The highest BCUT2D eigenvalue weighted by Crippen LogP contribution is 2.20. The Hall–Kier alpha value is -0.590. The number of hydrogen-bond acceptors (Lipinski definition) is 2. The van der Waals surface area contributed by atoms with Crippen molar-refractivity contribution >= 4 is 57.1 Å². The molecular weight excluding hydrogens is 369 g/mol. The molecule has 0 radical (unpaired) electrons. The Morgan fingerprint density at radius 2 is 2.18 bits per heavy atom. The first-order valence-corrected chi connectivity index (χ1v) is 7.39. The third kappa shape index (κ3) is 3.20. The van der Waals surface area contributed by atoms with Crippen molar-refractivity contribution < 1.29 is 4.79 Å². The van der Waals surface area contributed by atoms with Crippen molar-refractivity contribution in [2.75, 3.05) is 5.32 Å². The van der Waals surface area contributed by atoms with Crippen LogP contribution in [0.5, 0.6) is 0 Å². The number of nitrogens with one attached hydrogen (secondary N) is 1. The highest BCUT2D eigenvalue weighted by Gasteiger charge is 2.09. The van der Waals surface area contributed by atoms with Crippen molar-refractivity contribution in [3.05, 3.63) is 49.7 Å². The molecule has 0 fully saturated rings. The van der Waals surface area contributed by atoms with Crippen LogP contribution in [-0.2, 0) is 5.88 Å². The van der Waals surface area contributed by atoms with Crippen LogP contribution in [0.3, 0.4) is 0 Å². The zero-order valence-corrected chi connectivity index (χ0v) is 12.5. The molecule has 17 heavy (non-hydrogen) atoms. The van der Waals surface area contributed by atoms with Crippen molar-refractivity contribution in [3.63, 3.8) is 0 Å². The minimum Gasteiger partial charge on any atom is -0.322 e. The normalized spacial score (nSPS) is 10.2. The summed E-state index contributed by atoms with van der Waals surface area (Å²) in [6.45, 7) is 0. The van der Waals surface area contributed by atoms with Gasteiger partial charge in [-0.3, -0.25) is 4.79 Å². The maximum atomic E-state index is 11.9. The van der Waals surface area contributed by atoms with Gasteiger partial charge >= 0.3 is 0 Å². The van der Waals surface area contributed by atoms with E-state index in [1.54, 1.807) is 11.3 Å². The van der Waals surface area contributed by atoms with Crippen LogP contribution >= 0.6 is 45.5 Å². The van der Waals surface area contributed by atoms with Crippen LogP contribution in [0.25, 0.3) is 0 Å². The molecule has 0 aliphatic carbocycles. The summed E-state index contributed by atoms with van der Waals surface area (Å²) in [5.74, 6) is 0.291. The quantitative estimate of drug-likeness (QED) is 0.625. The van der Waals surface area contributed by atoms with Crippen molar-refractivity contribution in [2.24, 2.45) is 0 Å². The van der Waals surface area contributed by atoms with E-state index in [1.807, 2.05) is 35.7 Å². The van der Waals surface area contributed by atoms with E-state index in [0.29, 0.717) is 11.4 Å². The summed E-state index contributed by atoms with van der Waals surface area (Å²) in [6.07, 6.45) is 0. The molecule has 0 saturated carbocycles. The Bertz CT molecular complexity index is 541. The molecule has 88 valence electrons. The summed E-state index contributed by atoms with van der Waals surface area (Å²) in [4.78, 5) is 11.9. The average Bonchev–Trinajstić information content (AvgIpc) is 2.77. The van der Waals surface area contributed by atoms with Gasteiger partial charge in [0.25, 0.3) is 5.91 Å². The van der Waals surface area contributed by atoms with Gasteiger partial charge in [0, 0.05) is 16.9 Å². The zero-order valence-electron chi connectivity index (χ0n) is 8.74. The minimum atomic E-state index is -0.0956. The Morgan fingerprint density at radius 3 is 2.82 bits per heavy atom. The Kier molecular flexibility index (Phi) is 4.42. The third-order valence-corrected chi connectivity index (χ3v) is 4.32. The number of amides is 1. The van der Waals surface area contributed by atoms with Gasteiger partial charge in [-0.05, 0) is 40.3 Å². The topological polar surface area (TPSA) is 29.1 Å². The Balaban J connectivity index is 2.18. The van der Waals surface area contributed by atoms with E-state index in [1.165, 1.54) is 0 Å². The third-order valence-electron chi connectivity index (χ3n) is 2.24. The van der Waals surface area contributed by atoms with Gasteiger partial charge < -0.3 is 5.32 Å². The number of hydrogen-bond donors (Lipinski definition) is 1. The Morgan fingerprint density at radius 1 is 1.41 bits per heavy atom. The SMILES string of the molecule is O=C(Nc1ccccc1CCl)c1csc(I)c1. The van der Waals surface area contributed by atoms with Crippen LogP contribution in [0.2, 0.25) is 0 Å². The van der Waals surface area contributed by atoms with Crippen LogP contribution < -0.4 is 5.32 Å². The molecule has 0 spiro atoms. The predicted octanol–water partition coefficient (Wildman–Crippen LogP) is 4.34. The van der Waals surface area contributed by atoms with E-state index < -0.39 is 0 Å². The number of carbonyl (C=O) groups is 1. The fourth-order valence-electron chi connectivity index (χ4n) is 1.38. The lowest BCUT2D eigenvalue weighted by molar-refractivity contribution is 0.102. The number of benzene rings is 1. The van der Waals surface area contributed by atoms with Crippen LogP contribution in [0.1, 0.15) is 15.9 Å². The van der Waals surface area contributed by atoms with Gasteiger partial charge in [-0.25, -0.2) is 0 Å². The summed E-state index contributed by atoms with van der Waals surface area (Å²) >= 11 is 9.56. The van der Waals surface area contributed by atoms with Gasteiger partial charge in [0.2, 0.25) is 0 Å². The van der Waals surface area contributed by atoms with E-state index in [-0.39, 0.29) is 5.91 Å². The largest absolute Gasteiger partial charge is 0.322 e. The highest BCUT2D eigenvalue weighted by molar-refractivity contribution is 14.1. The minimum absolute atomic E-state index is 0.0956. The number of rotatable bonds is 3. The fraction of sp³-hybridized carbons (Fsp3) is 0.0833. The van der Waals surface area contributed by atoms with Crippen molar-refractivity contribution in [1.82, 2.24) is 0 Å². The molecule has 0 aliphatic rings. The molecule has 0 bridgehead atoms. The molecule has 0 saturated heterocycles. The van der Waals surface area contributed by atoms with Crippen molar-refractivity contribution in [2.45, 2.75) is 5.88 Å². The molecule has 0 aliphatic heterocycles. The second-order valence-corrected chi connectivity index (χ2v) is 6.46. The smallest absolute Gasteiger partial charge is 0.256 e. The zero-order chi connectivity index (χ0) is 12.3. The molecule has 1 amide bonds. The van der Waals surface area contributed by atoms with E-state index in [4.69, 9.17) is 11.6 Å². The molecule has 2 aromatic rings. The molecule has 1 heterocycles. The van der Waals surface area contributed by atoms with E-state index >= 15 is 0 Å². The predicted molar refractivity (Wildman–Crippen MR) is 81.0 cm³/mol. The second-order valence-electron chi connectivity index (χ2n) is 3.38. The molecule has 5 heteroatoms. The first kappa shape index (κ1) is 12.9. The van der Waals surface area contributed by atoms with E-state index in [9.17, 15) is 4.79 Å². The average molecular weight is 378 g/mol. The number of alkyl halides is 1. The first-order valence-electron chi connectivity index (χ1n) is 4.90. The lowest BCUT2D eigenvalue weighted by Crippen LogP contribution is -2.12. The molecule has 0 unspecified atom stereocenters. The number of anilines is 1. The number of thiophene rings is 1. The maximum absolute atomic E-state index is 11.9. The van der Waals surface area contributed by atoms with Crippen LogP contribution in [0.15, 0.2) is 35.7 Å². The summed E-state index contributed by atoms with van der Waals surface area (Å²) in [5, 5.41) is 4.72. The fourth-order valence-corrected chi connectivity index (χ4v) is 2.94. The number of carbonyl (C=O) groups excluding carboxylic acids is 1. The molecule has 1 aromatic heterocycles. The molecule has 1 N–H and O–H groups in total. The maximum Gasteiger partial charge on any atom is 0.256 e. The molecule has 1 aromatic carbocycles. The second kappa shape index (κ2) is 5.84. The van der Waals surface area contributed by atoms with Crippen LogP contribution in [0.4, 0.5) is 5.69 Å². The van der Waals surface area contributed by atoms with E-state index in [0.717, 1.165) is 14.1 Å². The standard InChI is InChI=1S/C12H9ClINOS/c13-6-8-3-1-2-4-10(8)15-12(16)9-5-11(14)17-7-9/h1-5,7H,6H2,(H,15,16). The lowest BCUT2D eigenvalue weighted by Gasteiger charge is -2.07. The van der Waals surface area contributed by atoms with Gasteiger partial charge in [-0.1, -0.05) is 18.2 Å². The molecule has 2 rings (SSSR count). The van der Waals surface area contributed by atoms with Gasteiger partial charge in [0.1, 0.15) is 0 Å². The van der Waals surface area contributed by atoms with Crippen LogP contribution in [0, 0.1) is 2.88 Å². The molecule has 2 nitrogen and oxygen atoms in total. The molecule has 0 atom stereocenters. The van der Waals surface area contributed by atoms with E-state index in [2.05, 4.69) is 27.9 Å².